The molecule has 166 valence electrons. The van der Waals surface area contributed by atoms with Gasteiger partial charge in [-0.05, 0) is 42.7 Å². The molecule has 7 heteroatoms. The van der Waals surface area contributed by atoms with Crippen LogP contribution in [0.2, 0.25) is 0 Å². The Labute approximate surface area is 183 Å². The minimum Gasteiger partial charge on any atom is -0.368 e. The minimum atomic E-state index is -0.136. The number of aromatic nitrogens is 4. The van der Waals surface area contributed by atoms with Crippen molar-refractivity contribution in [1.29, 1.82) is 0 Å². The number of carbonyl (C=O) groups is 1. The normalized spacial score (nSPS) is 21.6. The fraction of sp³-hybridized carbons (Fsp3) is 0.542. The maximum atomic E-state index is 12.5. The van der Waals surface area contributed by atoms with E-state index in [1.807, 2.05) is 31.4 Å². The Kier molecular flexibility index (Phi) is 6.41. The van der Waals surface area contributed by atoms with E-state index in [9.17, 15) is 4.79 Å². The summed E-state index contributed by atoms with van der Waals surface area (Å²) >= 11 is 0. The molecule has 1 fully saturated rings. The van der Waals surface area contributed by atoms with Gasteiger partial charge in [0.2, 0.25) is 5.91 Å². The molecule has 1 aliphatic carbocycles. The van der Waals surface area contributed by atoms with Crippen molar-refractivity contribution in [3.05, 3.63) is 42.5 Å². The number of fused-ring (bicyclic) bond motifs is 1. The van der Waals surface area contributed by atoms with Crippen LogP contribution in [0.25, 0.3) is 11.0 Å². The number of para-hydroxylation sites is 2. The second-order valence-electron chi connectivity index (χ2n) is 9.23. The van der Waals surface area contributed by atoms with Gasteiger partial charge in [0.15, 0.2) is 0 Å². The van der Waals surface area contributed by atoms with E-state index in [0.29, 0.717) is 30.0 Å². The minimum absolute atomic E-state index is 0.0799. The summed E-state index contributed by atoms with van der Waals surface area (Å²) in [5.74, 6) is 2.53. The van der Waals surface area contributed by atoms with Crippen molar-refractivity contribution in [1.82, 2.24) is 19.3 Å². The average Bonchev–Trinajstić information content (AvgIpc) is 3.31. The van der Waals surface area contributed by atoms with Crippen molar-refractivity contribution in [2.75, 3.05) is 11.9 Å². The van der Waals surface area contributed by atoms with Crippen LogP contribution in [0.1, 0.15) is 45.9 Å². The molecule has 31 heavy (non-hydrogen) atoms. The maximum Gasteiger partial charge on any atom is 0.250 e. The average molecular weight is 424 g/mol. The van der Waals surface area contributed by atoms with Crippen LogP contribution in [-0.2, 0) is 23.1 Å². The van der Waals surface area contributed by atoms with E-state index in [1.54, 1.807) is 10.9 Å². The number of benzene rings is 1. The van der Waals surface area contributed by atoms with Crippen LogP contribution in [0.5, 0.6) is 0 Å². The first-order valence-corrected chi connectivity index (χ1v) is 11.2. The van der Waals surface area contributed by atoms with Crippen LogP contribution in [-0.4, -0.2) is 37.9 Å². The smallest absolute Gasteiger partial charge is 0.250 e. The van der Waals surface area contributed by atoms with Gasteiger partial charge in [-0.25, -0.2) is 4.98 Å². The molecule has 0 saturated heterocycles. The SMILES string of the molecule is CC1CCC(C(C)C)C(OCC(=O)Nc2cnn(Cc3nc4ccccc4n3C)c2)C1. The van der Waals surface area contributed by atoms with Crippen LogP contribution in [0.15, 0.2) is 36.7 Å². The first-order valence-electron chi connectivity index (χ1n) is 11.2. The largest absolute Gasteiger partial charge is 0.368 e. The Balaban J connectivity index is 1.33. The second kappa shape index (κ2) is 9.22. The van der Waals surface area contributed by atoms with E-state index in [2.05, 4.69) is 46.8 Å². The fourth-order valence-corrected chi connectivity index (χ4v) is 4.68. The molecule has 0 bridgehead atoms. The second-order valence-corrected chi connectivity index (χ2v) is 9.23. The number of rotatable bonds is 7. The van der Waals surface area contributed by atoms with Gasteiger partial charge in [-0.2, -0.15) is 5.10 Å². The summed E-state index contributed by atoms with van der Waals surface area (Å²) in [6.45, 7) is 7.38. The van der Waals surface area contributed by atoms with Gasteiger partial charge in [0.05, 0.1) is 35.6 Å². The van der Waals surface area contributed by atoms with Gasteiger partial charge in [-0.15, -0.1) is 0 Å². The predicted octanol–water partition coefficient (Wildman–Crippen LogP) is 4.23. The predicted molar refractivity (Wildman–Crippen MR) is 122 cm³/mol. The lowest BCUT2D eigenvalue weighted by molar-refractivity contribution is -0.126. The summed E-state index contributed by atoms with van der Waals surface area (Å²) in [6.07, 6.45) is 7.12. The summed E-state index contributed by atoms with van der Waals surface area (Å²) in [7, 11) is 2.00. The van der Waals surface area contributed by atoms with Gasteiger partial charge in [-0.3, -0.25) is 9.48 Å². The van der Waals surface area contributed by atoms with E-state index in [0.717, 1.165) is 23.3 Å². The van der Waals surface area contributed by atoms with Gasteiger partial charge < -0.3 is 14.6 Å². The highest BCUT2D eigenvalue weighted by atomic mass is 16.5. The van der Waals surface area contributed by atoms with Gasteiger partial charge in [0.1, 0.15) is 12.4 Å². The Morgan fingerprint density at radius 3 is 2.87 bits per heavy atom. The lowest BCUT2D eigenvalue weighted by Crippen LogP contribution is -2.36. The molecule has 1 amide bonds. The first-order chi connectivity index (χ1) is 14.9. The van der Waals surface area contributed by atoms with E-state index in [4.69, 9.17) is 4.74 Å². The van der Waals surface area contributed by atoms with E-state index >= 15 is 0 Å². The van der Waals surface area contributed by atoms with Crippen molar-refractivity contribution < 1.29 is 9.53 Å². The number of anilines is 1. The zero-order valence-corrected chi connectivity index (χ0v) is 18.9. The third kappa shape index (κ3) is 4.98. The number of aryl methyl sites for hydroxylation is 1. The molecule has 7 nitrogen and oxygen atoms in total. The van der Waals surface area contributed by atoms with E-state index in [-0.39, 0.29) is 18.6 Å². The van der Waals surface area contributed by atoms with Crippen molar-refractivity contribution in [2.45, 2.75) is 52.7 Å². The molecule has 1 N–H and O–H groups in total. The maximum absolute atomic E-state index is 12.5. The summed E-state index contributed by atoms with van der Waals surface area (Å²) < 4.78 is 9.92. The van der Waals surface area contributed by atoms with Crippen LogP contribution in [0.4, 0.5) is 5.69 Å². The van der Waals surface area contributed by atoms with Crippen LogP contribution >= 0.6 is 0 Å². The molecule has 3 aromatic rings. The third-order valence-electron chi connectivity index (χ3n) is 6.49. The quantitative estimate of drug-likeness (QED) is 0.617. The Morgan fingerprint density at radius 2 is 2.10 bits per heavy atom. The molecule has 3 atom stereocenters. The monoisotopic (exact) mass is 423 g/mol. The van der Waals surface area contributed by atoms with Crippen molar-refractivity contribution in [2.24, 2.45) is 24.8 Å². The highest BCUT2D eigenvalue weighted by Crippen LogP contribution is 2.35. The van der Waals surface area contributed by atoms with Gasteiger partial charge >= 0.3 is 0 Å². The lowest BCUT2D eigenvalue weighted by atomic mass is 9.75. The number of imidazole rings is 1. The molecule has 1 saturated carbocycles. The van der Waals surface area contributed by atoms with Crippen LogP contribution in [0, 0.1) is 17.8 Å². The van der Waals surface area contributed by atoms with Crippen molar-refractivity contribution in [3.63, 3.8) is 0 Å². The molecule has 2 aromatic heterocycles. The first kappa shape index (κ1) is 21.6. The molecule has 4 rings (SSSR count). The number of nitrogens with zero attached hydrogens (tertiary/aromatic N) is 4. The number of nitrogens with one attached hydrogen (secondary N) is 1. The molecular weight excluding hydrogens is 390 g/mol. The van der Waals surface area contributed by atoms with Crippen molar-refractivity contribution >= 4 is 22.6 Å². The highest BCUT2D eigenvalue weighted by Gasteiger charge is 2.31. The number of carbonyl (C=O) groups excluding carboxylic acids is 1. The molecule has 1 aliphatic rings. The number of hydrogen-bond acceptors (Lipinski definition) is 4. The van der Waals surface area contributed by atoms with Crippen LogP contribution in [0.3, 0.4) is 0 Å². The van der Waals surface area contributed by atoms with Gasteiger partial charge in [0, 0.05) is 13.2 Å². The number of hydrogen-bond donors (Lipinski definition) is 1. The third-order valence-corrected chi connectivity index (χ3v) is 6.49. The molecule has 0 radical (unpaired) electrons. The fourth-order valence-electron chi connectivity index (χ4n) is 4.68. The molecule has 2 heterocycles. The summed E-state index contributed by atoms with van der Waals surface area (Å²) in [6, 6.07) is 8.05. The van der Waals surface area contributed by atoms with E-state index in [1.165, 1.54) is 12.8 Å². The molecule has 0 spiro atoms. The molecular formula is C24H33N5O2. The van der Waals surface area contributed by atoms with E-state index < -0.39 is 0 Å². The molecule has 0 aliphatic heterocycles. The Bertz CT molecular complexity index is 1040. The van der Waals surface area contributed by atoms with Gasteiger partial charge in [0.25, 0.3) is 0 Å². The van der Waals surface area contributed by atoms with Crippen LogP contribution < -0.4 is 5.32 Å². The lowest BCUT2D eigenvalue weighted by Gasteiger charge is -2.37. The number of amides is 1. The van der Waals surface area contributed by atoms with Crippen molar-refractivity contribution in [3.8, 4) is 0 Å². The zero-order chi connectivity index (χ0) is 22.0. The summed E-state index contributed by atoms with van der Waals surface area (Å²) in [4.78, 5) is 17.1. The Morgan fingerprint density at radius 1 is 1.29 bits per heavy atom. The van der Waals surface area contributed by atoms with Gasteiger partial charge in [-0.1, -0.05) is 39.3 Å². The summed E-state index contributed by atoms with van der Waals surface area (Å²) in [5.41, 5.74) is 2.73. The zero-order valence-electron chi connectivity index (χ0n) is 18.9. The topological polar surface area (TPSA) is 74.0 Å². The molecule has 1 aromatic carbocycles. The highest BCUT2D eigenvalue weighted by molar-refractivity contribution is 5.91. The summed E-state index contributed by atoms with van der Waals surface area (Å²) in [5, 5.41) is 7.29. The molecule has 3 unspecified atom stereocenters. The number of ether oxygens (including phenoxy) is 1. The Hall–Kier alpha value is -2.67. The standard InChI is InChI=1S/C24H33N5O2/c1-16(2)19-10-9-17(3)11-22(19)31-15-24(30)26-18-12-25-29(13-18)14-23-27-20-7-5-6-8-21(20)28(23)4/h5-8,12-13,16-17,19,22H,9-11,14-15H2,1-4H3,(H,26,30).